The maximum absolute atomic E-state index is 12.5. The quantitative estimate of drug-likeness (QED) is 0.800. The van der Waals surface area contributed by atoms with E-state index in [4.69, 9.17) is 0 Å². The van der Waals surface area contributed by atoms with Gasteiger partial charge in [0.25, 0.3) is 0 Å². The van der Waals surface area contributed by atoms with Crippen LogP contribution in [0.3, 0.4) is 0 Å². The summed E-state index contributed by atoms with van der Waals surface area (Å²) in [6, 6.07) is 4.75. The fourth-order valence-corrected chi connectivity index (χ4v) is 4.95. The van der Waals surface area contributed by atoms with Crippen LogP contribution in [0.15, 0.2) is 27.6 Å². The Hall–Kier alpha value is -0.240. The predicted molar refractivity (Wildman–Crippen MR) is 82.2 cm³/mol. The van der Waals surface area contributed by atoms with Crippen molar-refractivity contribution in [2.75, 3.05) is 19.1 Å². The van der Waals surface area contributed by atoms with Gasteiger partial charge < -0.3 is 0 Å². The Morgan fingerprint density at radius 3 is 2.42 bits per heavy atom. The van der Waals surface area contributed by atoms with Gasteiger partial charge >= 0.3 is 0 Å². The highest BCUT2D eigenvalue weighted by Crippen LogP contribution is 2.22. The first kappa shape index (κ1) is 16.8. The minimum absolute atomic E-state index is 0.246. The largest absolute Gasteiger partial charge is 0.260 e. The van der Waals surface area contributed by atoms with Crippen LogP contribution in [0.2, 0.25) is 0 Å². The van der Waals surface area contributed by atoms with Crippen molar-refractivity contribution in [2.24, 2.45) is 0 Å². The molecule has 1 aromatic carbocycles. The minimum atomic E-state index is -3.56. The molecule has 1 rings (SSSR count). The van der Waals surface area contributed by atoms with Crippen LogP contribution in [-0.2, 0) is 20.8 Å². The molecular formula is C12H18BrNO3S2. The number of hydrogen-bond acceptors (Lipinski definition) is 3. The molecule has 0 amide bonds. The van der Waals surface area contributed by atoms with Gasteiger partial charge in [-0.25, -0.2) is 8.42 Å². The van der Waals surface area contributed by atoms with E-state index >= 15 is 0 Å². The summed E-state index contributed by atoms with van der Waals surface area (Å²) in [7, 11) is -3.07. The molecule has 0 radical (unpaired) electrons. The second-order valence-electron chi connectivity index (χ2n) is 4.57. The average Bonchev–Trinajstić information content (AvgIpc) is 2.25. The lowest BCUT2D eigenvalue weighted by Crippen LogP contribution is -2.38. The third-order valence-corrected chi connectivity index (χ3v) is 6.15. The number of hydrogen-bond donors (Lipinski definition) is 0. The van der Waals surface area contributed by atoms with Gasteiger partial charge in [0.05, 0.1) is 4.90 Å². The van der Waals surface area contributed by atoms with E-state index < -0.39 is 20.8 Å². The molecule has 19 heavy (non-hydrogen) atoms. The molecule has 0 aromatic heterocycles. The highest BCUT2D eigenvalue weighted by Gasteiger charge is 2.26. The first-order valence-corrected chi connectivity index (χ1v) is 9.66. The SMILES string of the molecule is Cc1cc(Br)cc(S(=O)(=O)N(C)C(C)CS(C)=O)c1. The van der Waals surface area contributed by atoms with Gasteiger partial charge in [0, 0.05) is 40.4 Å². The van der Waals surface area contributed by atoms with Gasteiger partial charge in [0.15, 0.2) is 0 Å². The van der Waals surface area contributed by atoms with Crippen LogP contribution < -0.4 is 0 Å². The molecular weight excluding hydrogens is 350 g/mol. The van der Waals surface area contributed by atoms with E-state index in [0.29, 0.717) is 5.75 Å². The summed E-state index contributed by atoms with van der Waals surface area (Å²) in [6.07, 6.45) is 1.57. The maximum atomic E-state index is 12.5. The smallest absolute Gasteiger partial charge is 0.243 e. The number of rotatable bonds is 5. The first-order chi connectivity index (χ1) is 8.64. The van der Waals surface area contributed by atoms with Crippen molar-refractivity contribution in [3.05, 3.63) is 28.2 Å². The number of nitrogens with zero attached hydrogens (tertiary/aromatic N) is 1. The third kappa shape index (κ3) is 4.37. The van der Waals surface area contributed by atoms with Crippen LogP contribution in [0.5, 0.6) is 0 Å². The highest BCUT2D eigenvalue weighted by atomic mass is 79.9. The van der Waals surface area contributed by atoms with Crippen molar-refractivity contribution in [2.45, 2.75) is 24.8 Å². The summed E-state index contributed by atoms with van der Waals surface area (Å²) in [5.74, 6) is 0.322. The van der Waals surface area contributed by atoms with Crippen molar-refractivity contribution in [3.63, 3.8) is 0 Å². The van der Waals surface area contributed by atoms with Gasteiger partial charge in [0.1, 0.15) is 0 Å². The van der Waals surface area contributed by atoms with Crippen molar-refractivity contribution >= 4 is 36.8 Å². The van der Waals surface area contributed by atoms with E-state index in [9.17, 15) is 12.6 Å². The van der Waals surface area contributed by atoms with Gasteiger partial charge in [0.2, 0.25) is 10.0 Å². The molecule has 4 nitrogen and oxygen atoms in total. The van der Waals surface area contributed by atoms with Crippen LogP contribution in [0.1, 0.15) is 12.5 Å². The molecule has 0 aliphatic heterocycles. The first-order valence-electron chi connectivity index (χ1n) is 5.70. The Bertz CT molecular complexity index is 566. The van der Waals surface area contributed by atoms with Gasteiger partial charge in [-0.1, -0.05) is 15.9 Å². The van der Waals surface area contributed by atoms with Crippen LogP contribution in [-0.4, -0.2) is 42.0 Å². The zero-order valence-electron chi connectivity index (χ0n) is 11.4. The van der Waals surface area contributed by atoms with Crippen molar-refractivity contribution < 1.29 is 12.6 Å². The molecule has 0 heterocycles. The molecule has 1 aromatic rings. The number of aryl methyl sites for hydroxylation is 1. The lowest BCUT2D eigenvalue weighted by atomic mass is 10.2. The Morgan fingerprint density at radius 1 is 1.37 bits per heavy atom. The molecule has 0 spiro atoms. The van der Waals surface area contributed by atoms with Gasteiger partial charge in [-0.3, -0.25) is 4.21 Å². The number of benzene rings is 1. The van der Waals surface area contributed by atoms with Crippen molar-refractivity contribution in [3.8, 4) is 0 Å². The fraction of sp³-hybridized carbons (Fsp3) is 0.500. The molecule has 0 saturated carbocycles. The Labute approximate surface area is 125 Å². The summed E-state index contributed by atoms with van der Waals surface area (Å²) < 4.78 is 38.1. The molecule has 108 valence electrons. The van der Waals surface area contributed by atoms with Gasteiger partial charge in [-0.05, 0) is 37.6 Å². The van der Waals surface area contributed by atoms with E-state index in [0.717, 1.165) is 10.0 Å². The molecule has 0 saturated heterocycles. The van der Waals surface area contributed by atoms with Gasteiger partial charge in [-0.2, -0.15) is 4.31 Å². The van der Waals surface area contributed by atoms with E-state index in [-0.39, 0.29) is 10.9 Å². The molecule has 0 aliphatic rings. The summed E-state index contributed by atoms with van der Waals surface area (Å²) in [4.78, 5) is 0.246. The normalized spacial score (nSPS) is 15.5. The Balaban J connectivity index is 3.12. The van der Waals surface area contributed by atoms with Crippen molar-refractivity contribution in [1.29, 1.82) is 0 Å². The average molecular weight is 368 g/mol. The molecule has 2 unspecified atom stereocenters. The third-order valence-electron chi connectivity index (χ3n) is 2.79. The van der Waals surface area contributed by atoms with Crippen LogP contribution in [0.4, 0.5) is 0 Å². The summed E-state index contributed by atoms with van der Waals surface area (Å²) in [6.45, 7) is 3.60. The highest BCUT2D eigenvalue weighted by molar-refractivity contribution is 9.10. The van der Waals surface area contributed by atoms with E-state index in [2.05, 4.69) is 15.9 Å². The molecule has 2 atom stereocenters. The molecule has 7 heteroatoms. The Kier molecular flexibility index (Phi) is 5.73. The second-order valence-corrected chi connectivity index (χ2v) is 8.97. The van der Waals surface area contributed by atoms with Crippen LogP contribution in [0.25, 0.3) is 0 Å². The molecule has 0 aliphatic carbocycles. The van der Waals surface area contributed by atoms with Crippen LogP contribution in [0, 0.1) is 6.92 Å². The summed E-state index contributed by atoms with van der Waals surface area (Å²) in [5.41, 5.74) is 0.869. The molecule has 0 bridgehead atoms. The summed E-state index contributed by atoms with van der Waals surface area (Å²) >= 11 is 3.30. The Morgan fingerprint density at radius 2 is 1.95 bits per heavy atom. The molecule has 0 fully saturated rings. The van der Waals surface area contributed by atoms with Crippen molar-refractivity contribution in [1.82, 2.24) is 4.31 Å². The second kappa shape index (κ2) is 6.47. The lowest BCUT2D eigenvalue weighted by molar-refractivity contribution is 0.413. The zero-order chi connectivity index (χ0) is 14.8. The lowest BCUT2D eigenvalue weighted by Gasteiger charge is -2.23. The topological polar surface area (TPSA) is 54.5 Å². The van der Waals surface area contributed by atoms with Crippen LogP contribution >= 0.6 is 15.9 Å². The minimum Gasteiger partial charge on any atom is -0.260 e. The summed E-state index contributed by atoms with van der Waals surface area (Å²) in [5, 5.41) is 0. The van der Waals surface area contributed by atoms with E-state index in [1.54, 1.807) is 25.3 Å². The standard InChI is InChI=1S/C12H18BrNO3S2/c1-9-5-11(13)7-12(6-9)19(16,17)14(3)10(2)8-18(4)15/h5-7,10H,8H2,1-4H3. The van der Waals surface area contributed by atoms with Gasteiger partial charge in [-0.15, -0.1) is 0 Å². The number of halogens is 1. The van der Waals surface area contributed by atoms with E-state index in [1.807, 2.05) is 13.0 Å². The molecule has 0 N–H and O–H groups in total. The monoisotopic (exact) mass is 367 g/mol. The number of sulfonamides is 1. The fourth-order valence-electron chi connectivity index (χ4n) is 1.70. The zero-order valence-corrected chi connectivity index (χ0v) is 14.6. The predicted octanol–water partition coefficient (Wildman–Crippen LogP) is 2.15. The van der Waals surface area contributed by atoms with E-state index in [1.165, 1.54) is 11.4 Å². The maximum Gasteiger partial charge on any atom is 0.243 e.